The largest absolute Gasteiger partial charge is 0.489 e. The Balaban J connectivity index is 0.000000332. The van der Waals surface area contributed by atoms with Gasteiger partial charge in [0.25, 0.3) is 0 Å². The van der Waals surface area contributed by atoms with E-state index in [4.69, 9.17) is 9.72 Å². The normalized spacial score (nSPS) is 22.2. The molecule has 3 aromatic heterocycles. The maximum absolute atomic E-state index is 10.1. The molecule has 3 saturated heterocycles. The third kappa shape index (κ3) is 5.77. The van der Waals surface area contributed by atoms with E-state index in [2.05, 4.69) is 41.9 Å². The summed E-state index contributed by atoms with van der Waals surface area (Å²) in [5, 5.41) is 23.9. The highest BCUT2D eigenvalue weighted by atomic mass is 16.5. The Morgan fingerprint density at radius 2 is 1.95 bits per heavy atom. The van der Waals surface area contributed by atoms with Gasteiger partial charge in [0.2, 0.25) is 0 Å². The molecule has 0 amide bonds. The number of ether oxygens (including phenoxy) is 1. The number of nitriles is 1. The Morgan fingerprint density at radius 1 is 1.23 bits per heavy atom. The lowest BCUT2D eigenvalue weighted by Gasteiger charge is -2.55. The highest BCUT2D eigenvalue weighted by Crippen LogP contribution is 2.43. The minimum atomic E-state index is -0.955. The standard InChI is InChI=1S/C23H26N6O2.C7H12O/c1-23(2,30)14-31-19-7-20(22-16(8-24)10-26-29(22)13-19)15-4-5-21(25-9-15)28-11-17-6-18(12-28)27(17)3;1-7(2)3-6(4-7)5-8/h4-5,7,9-10,13,17-18,30H,6,11-12,14H2,1-3H3;5-6H,3-4H2,1-2H3. The fourth-order valence-corrected chi connectivity index (χ4v) is 5.91. The summed E-state index contributed by atoms with van der Waals surface area (Å²) in [5.41, 5.74) is 2.43. The van der Waals surface area contributed by atoms with Crippen LogP contribution >= 0.6 is 0 Å². The van der Waals surface area contributed by atoms with E-state index >= 15 is 0 Å². The van der Waals surface area contributed by atoms with Gasteiger partial charge in [-0.2, -0.15) is 10.4 Å². The summed E-state index contributed by atoms with van der Waals surface area (Å²) in [5.74, 6) is 1.93. The Bertz CT molecular complexity index is 1360. The first-order valence-corrected chi connectivity index (χ1v) is 13.6. The number of anilines is 1. The maximum Gasteiger partial charge on any atom is 0.138 e. The van der Waals surface area contributed by atoms with Crippen LogP contribution in [0.25, 0.3) is 16.6 Å². The van der Waals surface area contributed by atoms with Crippen molar-refractivity contribution in [2.45, 2.75) is 64.6 Å². The first-order valence-electron chi connectivity index (χ1n) is 13.6. The molecule has 1 aliphatic carbocycles. The number of piperidine rings is 1. The van der Waals surface area contributed by atoms with Crippen LogP contribution in [-0.2, 0) is 4.79 Å². The molecule has 4 aliphatic rings. The number of aromatic nitrogens is 3. The average Bonchev–Trinajstić information content (AvgIpc) is 3.33. The van der Waals surface area contributed by atoms with Gasteiger partial charge in [0.1, 0.15) is 30.5 Å². The van der Waals surface area contributed by atoms with Gasteiger partial charge in [-0.05, 0) is 63.8 Å². The summed E-state index contributed by atoms with van der Waals surface area (Å²) in [6.45, 7) is 9.95. The Hall–Kier alpha value is -3.48. The molecule has 1 saturated carbocycles. The van der Waals surface area contributed by atoms with E-state index in [0.717, 1.165) is 49.2 Å². The molecule has 3 aromatic rings. The molecule has 0 radical (unpaired) electrons. The van der Waals surface area contributed by atoms with Crippen molar-refractivity contribution in [3.8, 4) is 22.9 Å². The molecule has 2 unspecified atom stereocenters. The molecule has 2 atom stereocenters. The van der Waals surface area contributed by atoms with E-state index in [-0.39, 0.29) is 6.61 Å². The number of hydrogen-bond acceptors (Lipinski definition) is 8. The monoisotopic (exact) mass is 530 g/mol. The number of pyridine rings is 2. The quantitative estimate of drug-likeness (QED) is 0.478. The summed E-state index contributed by atoms with van der Waals surface area (Å²) in [6.07, 6.45) is 9.67. The van der Waals surface area contributed by atoms with Gasteiger partial charge in [-0.15, -0.1) is 0 Å². The van der Waals surface area contributed by atoms with Gasteiger partial charge in [0, 0.05) is 48.4 Å². The van der Waals surface area contributed by atoms with Crippen LogP contribution in [0.5, 0.6) is 5.75 Å². The van der Waals surface area contributed by atoms with Crippen LogP contribution in [0.3, 0.4) is 0 Å². The molecular formula is C30H38N6O3. The van der Waals surface area contributed by atoms with Crippen LogP contribution in [0, 0.1) is 22.7 Å². The predicted molar refractivity (Wildman–Crippen MR) is 150 cm³/mol. The van der Waals surface area contributed by atoms with Crippen molar-refractivity contribution in [2.24, 2.45) is 11.3 Å². The second kappa shape index (κ2) is 10.2. The fourth-order valence-electron chi connectivity index (χ4n) is 5.91. The predicted octanol–water partition coefficient (Wildman–Crippen LogP) is 3.93. The van der Waals surface area contributed by atoms with Crippen molar-refractivity contribution in [3.05, 3.63) is 42.4 Å². The molecule has 3 aliphatic heterocycles. The van der Waals surface area contributed by atoms with Gasteiger partial charge in [0.05, 0.1) is 29.1 Å². The first kappa shape index (κ1) is 27.1. The van der Waals surface area contributed by atoms with Crippen LogP contribution in [0.1, 0.15) is 52.5 Å². The summed E-state index contributed by atoms with van der Waals surface area (Å²) in [7, 11) is 2.20. The van der Waals surface area contributed by atoms with Crippen molar-refractivity contribution < 1.29 is 14.6 Å². The van der Waals surface area contributed by atoms with Gasteiger partial charge < -0.3 is 19.5 Å². The average molecular weight is 531 g/mol. The summed E-state index contributed by atoms with van der Waals surface area (Å²) < 4.78 is 7.45. The highest BCUT2D eigenvalue weighted by molar-refractivity contribution is 5.85. The van der Waals surface area contributed by atoms with Crippen molar-refractivity contribution in [3.63, 3.8) is 0 Å². The molecule has 9 nitrogen and oxygen atoms in total. The molecule has 4 fully saturated rings. The molecule has 39 heavy (non-hydrogen) atoms. The number of hydrogen-bond donors (Lipinski definition) is 1. The lowest BCUT2D eigenvalue weighted by atomic mass is 9.65. The van der Waals surface area contributed by atoms with E-state index < -0.39 is 5.60 Å². The number of aliphatic hydroxyl groups is 1. The van der Waals surface area contributed by atoms with Crippen LogP contribution in [-0.4, -0.2) is 75.3 Å². The minimum absolute atomic E-state index is 0.146. The smallest absolute Gasteiger partial charge is 0.138 e. The van der Waals surface area contributed by atoms with Gasteiger partial charge in [-0.25, -0.2) is 9.50 Å². The van der Waals surface area contributed by atoms with Crippen LogP contribution in [0.2, 0.25) is 0 Å². The zero-order chi connectivity index (χ0) is 27.9. The topological polar surface area (TPSA) is 107 Å². The van der Waals surface area contributed by atoms with Gasteiger partial charge >= 0.3 is 0 Å². The van der Waals surface area contributed by atoms with Crippen molar-refractivity contribution in [2.75, 3.05) is 31.6 Å². The molecular weight excluding hydrogens is 492 g/mol. The van der Waals surface area contributed by atoms with E-state index in [9.17, 15) is 15.2 Å². The zero-order valence-corrected chi connectivity index (χ0v) is 23.5. The van der Waals surface area contributed by atoms with Gasteiger partial charge in [-0.1, -0.05) is 13.8 Å². The third-order valence-electron chi connectivity index (χ3n) is 8.06. The fraction of sp³-hybridized carbons (Fsp3) is 0.533. The van der Waals surface area contributed by atoms with Gasteiger partial charge in [0.15, 0.2) is 0 Å². The number of fused-ring (bicyclic) bond motifs is 3. The Labute approximate surface area is 230 Å². The molecule has 9 heteroatoms. The summed E-state index contributed by atoms with van der Waals surface area (Å²) in [6, 6.07) is 9.42. The van der Waals surface area contributed by atoms with Gasteiger partial charge in [-0.3, -0.25) is 4.90 Å². The zero-order valence-electron chi connectivity index (χ0n) is 23.5. The van der Waals surface area contributed by atoms with Crippen molar-refractivity contribution in [1.82, 2.24) is 19.5 Å². The lowest BCUT2D eigenvalue weighted by Crippen LogP contribution is -2.67. The molecule has 0 spiro atoms. The summed E-state index contributed by atoms with van der Waals surface area (Å²) in [4.78, 5) is 19.6. The molecule has 1 N–H and O–H groups in total. The Morgan fingerprint density at radius 3 is 2.46 bits per heavy atom. The maximum atomic E-state index is 10.1. The number of piperazine rings is 1. The second-order valence-corrected chi connectivity index (χ2v) is 12.6. The molecule has 2 bridgehead atoms. The molecule has 0 aromatic carbocycles. The van der Waals surface area contributed by atoms with Crippen molar-refractivity contribution in [1.29, 1.82) is 5.26 Å². The molecule has 6 heterocycles. The minimum Gasteiger partial charge on any atom is -0.489 e. The number of aldehydes is 1. The van der Waals surface area contributed by atoms with Crippen LogP contribution in [0.15, 0.2) is 36.8 Å². The van der Waals surface area contributed by atoms with Crippen molar-refractivity contribution >= 4 is 17.6 Å². The number of nitrogens with zero attached hydrogens (tertiary/aromatic N) is 6. The second-order valence-electron chi connectivity index (χ2n) is 12.6. The number of rotatable bonds is 6. The molecule has 206 valence electrons. The number of likely N-dealkylation sites (N-methyl/N-ethyl adjacent to an activating group) is 1. The van der Waals surface area contributed by atoms with E-state index in [1.54, 1.807) is 30.8 Å². The Kier molecular flexibility index (Phi) is 7.12. The number of carbonyl (C=O) groups excluding carboxylic acids is 1. The third-order valence-corrected chi connectivity index (χ3v) is 8.06. The number of carbonyl (C=O) groups is 1. The SMILES string of the molecule is CC1(C)CC(C=O)C1.CN1C2CC1CN(c1ccc(-c3cc(OCC(C)(C)O)cn4ncc(C#N)c34)cn1)C2. The van der Waals surface area contributed by atoms with E-state index in [1.165, 1.54) is 6.42 Å². The first-order chi connectivity index (χ1) is 18.5. The van der Waals surface area contributed by atoms with E-state index in [0.29, 0.717) is 40.2 Å². The molecule has 7 rings (SSSR count). The lowest BCUT2D eigenvalue weighted by molar-refractivity contribution is -0.116. The van der Waals surface area contributed by atoms with E-state index in [1.807, 2.05) is 24.4 Å². The van der Waals surface area contributed by atoms with Crippen LogP contribution < -0.4 is 9.64 Å². The highest BCUT2D eigenvalue weighted by Gasteiger charge is 2.42. The van der Waals surface area contributed by atoms with Crippen LogP contribution in [0.4, 0.5) is 5.82 Å². The summed E-state index contributed by atoms with van der Waals surface area (Å²) >= 11 is 0.